The average molecular weight is 294 g/mol. The van der Waals surface area contributed by atoms with Crippen molar-refractivity contribution in [3.63, 3.8) is 0 Å². The maximum Gasteiger partial charge on any atom is 0.357 e. The highest BCUT2D eigenvalue weighted by Gasteiger charge is 2.14. The number of hydrogen-bond donors (Lipinski definition) is 0. The maximum atomic E-state index is 13.7. The van der Waals surface area contributed by atoms with E-state index in [1.165, 1.54) is 18.2 Å². The maximum absolute atomic E-state index is 13.7. The van der Waals surface area contributed by atoms with Gasteiger partial charge in [-0.05, 0) is 30.0 Å². The van der Waals surface area contributed by atoms with Crippen LogP contribution in [0.4, 0.5) is 4.39 Å². The first-order chi connectivity index (χ1) is 9.56. The molecule has 0 bridgehead atoms. The van der Waals surface area contributed by atoms with E-state index in [2.05, 4.69) is 11.6 Å². The largest absolute Gasteiger partial charge is 0.461 e. The smallest absolute Gasteiger partial charge is 0.357 e. The molecule has 0 spiro atoms. The summed E-state index contributed by atoms with van der Waals surface area (Å²) >= 11 is 6.00. The van der Waals surface area contributed by atoms with Gasteiger partial charge in [0.25, 0.3) is 0 Å². The Hall–Kier alpha value is -1.94. The molecule has 1 aromatic heterocycles. The summed E-state index contributed by atoms with van der Waals surface area (Å²) < 4.78 is 18.7. The topological polar surface area (TPSA) is 39.2 Å². The molecule has 0 aliphatic rings. The van der Waals surface area contributed by atoms with E-state index < -0.39 is 11.8 Å². The SMILES string of the molecule is C=Cc1cc2cc(C(=O)OCCC)nc(Cl)c2cc1F. The van der Waals surface area contributed by atoms with Crippen molar-refractivity contribution in [1.29, 1.82) is 0 Å². The Morgan fingerprint density at radius 3 is 2.90 bits per heavy atom. The van der Waals surface area contributed by atoms with Crippen LogP contribution in [0.5, 0.6) is 0 Å². The van der Waals surface area contributed by atoms with Crippen LogP contribution < -0.4 is 0 Å². The standard InChI is InChI=1S/C15H13ClFNO2/c1-3-5-20-15(19)13-7-10-6-9(4-2)12(17)8-11(10)14(16)18-13/h4,6-8H,2-3,5H2,1H3. The van der Waals surface area contributed by atoms with Crippen molar-refractivity contribution < 1.29 is 13.9 Å². The van der Waals surface area contributed by atoms with E-state index in [1.807, 2.05) is 6.92 Å². The molecule has 0 aliphatic carbocycles. The van der Waals surface area contributed by atoms with Crippen molar-refractivity contribution in [3.05, 3.63) is 47.0 Å². The number of ether oxygens (including phenoxy) is 1. The molecule has 5 heteroatoms. The van der Waals surface area contributed by atoms with Gasteiger partial charge in [0, 0.05) is 10.9 Å². The Morgan fingerprint density at radius 2 is 2.25 bits per heavy atom. The zero-order valence-electron chi connectivity index (χ0n) is 11.0. The molecule has 2 rings (SSSR count). The minimum atomic E-state index is -0.542. The number of benzene rings is 1. The van der Waals surface area contributed by atoms with Gasteiger partial charge in [0.2, 0.25) is 0 Å². The lowest BCUT2D eigenvalue weighted by Crippen LogP contribution is -2.08. The van der Waals surface area contributed by atoms with E-state index in [-0.39, 0.29) is 10.8 Å². The van der Waals surface area contributed by atoms with E-state index in [0.29, 0.717) is 22.9 Å². The fourth-order valence-corrected chi connectivity index (χ4v) is 2.04. The van der Waals surface area contributed by atoms with Gasteiger partial charge in [-0.3, -0.25) is 0 Å². The molecule has 1 aromatic carbocycles. The highest BCUT2D eigenvalue weighted by molar-refractivity contribution is 6.34. The van der Waals surface area contributed by atoms with Crippen LogP contribution in [0, 0.1) is 5.82 Å². The Kier molecular flexibility index (Phi) is 4.35. The molecule has 3 nitrogen and oxygen atoms in total. The minimum Gasteiger partial charge on any atom is -0.461 e. The number of carbonyl (C=O) groups is 1. The molecular weight excluding hydrogens is 281 g/mol. The molecule has 0 amide bonds. The van der Waals surface area contributed by atoms with Crippen molar-refractivity contribution in [3.8, 4) is 0 Å². The first-order valence-corrected chi connectivity index (χ1v) is 6.54. The predicted molar refractivity (Wildman–Crippen MR) is 77.4 cm³/mol. The van der Waals surface area contributed by atoms with Crippen LogP contribution in [0.25, 0.3) is 16.8 Å². The number of rotatable bonds is 4. The van der Waals surface area contributed by atoms with E-state index in [9.17, 15) is 9.18 Å². The van der Waals surface area contributed by atoms with Crippen LogP contribution in [-0.2, 0) is 4.74 Å². The normalized spacial score (nSPS) is 10.6. The molecule has 0 aliphatic heterocycles. The minimum absolute atomic E-state index is 0.0699. The molecule has 0 saturated heterocycles. The van der Waals surface area contributed by atoms with Crippen LogP contribution >= 0.6 is 11.6 Å². The molecule has 20 heavy (non-hydrogen) atoms. The molecular formula is C15H13ClFNO2. The third kappa shape index (κ3) is 2.80. The van der Waals surface area contributed by atoms with Crippen molar-refractivity contribution >= 4 is 34.4 Å². The second-order valence-corrected chi connectivity index (χ2v) is 4.59. The Labute approximate surface area is 121 Å². The lowest BCUT2D eigenvalue weighted by Gasteiger charge is -2.07. The van der Waals surface area contributed by atoms with Gasteiger partial charge < -0.3 is 4.74 Å². The quantitative estimate of drug-likeness (QED) is 0.625. The van der Waals surface area contributed by atoms with Crippen LogP contribution in [0.15, 0.2) is 24.8 Å². The number of fused-ring (bicyclic) bond motifs is 1. The van der Waals surface area contributed by atoms with Crippen molar-refractivity contribution in [2.75, 3.05) is 6.61 Å². The number of nitrogens with zero attached hydrogens (tertiary/aromatic N) is 1. The number of aromatic nitrogens is 1. The number of hydrogen-bond acceptors (Lipinski definition) is 3. The van der Waals surface area contributed by atoms with Crippen molar-refractivity contribution in [1.82, 2.24) is 4.98 Å². The zero-order chi connectivity index (χ0) is 14.7. The molecule has 2 aromatic rings. The summed E-state index contributed by atoms with van der Waals surface area (Å²) in [7, 11) is 0. The third-order valence-electron chi connectivity index (χ3n) is 2.77. The number of esters is 1. The average Bonchev–Trinajstić information content (AvgIpc) is 2.44. The molecule has 0 saturated carbocycles. The van der Waals surface area contributed by atoms with Gasteiger partial charge in [0.15, 0.2) is 5.69 Å². The van der Waals surface area contributed by atoms with E-state index >= 15 is 0 Å². The van der Waals surface area contributed by atoms with Crippen LogP contribution in [-0.4, -0.2) is 17.6 Å². The summed E-state index contributed by atoms with van der Waals surface area (Å²) in [5, 5.41) is 1.13. The first-order valence-electron chi connectivity index (χ1n) is 6.16. The van der Waals surface area contributed by atoms with Gasteiger partial charge in [0.1, 0.15) is 11.0 Å². The van der Waals surface area contributed by atoms with Gasteiger partial charge in [-0.25, -0.2) is 14.2 Å². The van der Waals surface area contributed by atoms with Crippen LogP contribution in [0.3, 0.4) is 0 Å². The van der Waals surface area contributed by atoms with E-state index in [4.69, 9.17) is 16.3 Å². The number of pyridine rings is 1. The van der Waals surface area contributed by atoms with Gasteiger partial charge in [-0.15, -0.1) is 0 Å². The highest BCUT2D eigenvalue weighted by Crippen LogP contribution is 2.26. The van der Waals surface area contributed by atoms with Crippen LogP contribution in [0.1, 0.15) is 29.4 Å². The van der Waals surface area contributed by atoms with Gasteiger partial charge >= 0.3 is 5.97 Å². The Bertz CT molecular complexity index is 685. The second kappa shape index (κ2) is 6.01. The van der Waals surface area contributed by atoms with E-state index in [0.717, 1.165) is 6.42 Å². The van der Waals surface area contributed by atoms with Gasteiger partial charge in [-0.1, -0.05) is 31.2 Å². The summed E-state index contributed by atoms with van der Waals surface area (Å²) in [6.07, 6.45) is 2.12. The molecule has 0 atom stereocenters. The third-order valence-corrected chi connectivity index (χ3v) is 3.06. The predicted octanol–water partition coefficient (Wildman–Crippen LogP) is 4.24. The second-order valence-electron chi connectivity index (χ2n) is 4.23. The molecule has 0 N–H and O–H groups in total. The monoisotopic (exact) mass is 293 g/mol. The summed E-state index contributed by atoms with van der Waals surface area (Å²) in [6.45, 7) is 5.75. The van der Waals surface area contributed by atoms with Gasteiger partial charge in [-0.2, -0.15) is 0 Å². The van der Waals surface area contributed by atoms with E-state index in [1.54, 1.807) is 6.07 Å². The zero-order valence-corrected chi connectivity index (χ0v) is 11.7. The molecule has 0 unspecified atom stereocenters. The first kappa shape index (κ1) is 14.5. The van der Waals surface area contributed by atoms with Crippen molar-refractivity contribution in [2.24, 2.45) is 0 Å². The molecule has 0 radical (unpaired) electrons. The molecule has 104 valence electrons. The summed E-state index contributed by atoms with van der Waals surface area (Å²) in [4.78, 5) is 15.7. The Morgan fingerprint density at radius 1 is 1.50 bits per heavy atom. The molecule has 0 fully saturated rings. The lowest BCUT2D eigenvalue weighted by molar-refractivity contribution is 0.0498. The number of carbonyl (C=O) groups excluding carboxylic acids is 1. The highest BCUT2D eigenvalue weighted by atomic mass is 35.5. The molecule has 1 heterocycles. The lowest BCUT2D eigenvalue weighted by atomic mass is 10.1. The summed E-state index contributed by atoms with van der Waals surface area (Å²) in [5.41, 5.74) is 0.449. The number of halogens is 2. The Balaban J connectivity index is 2.53. The van der Waals surface area contributed by atoms with Crippen molar-refractivity contribution in [2.45, 2.75) is 13.3 Å². The van der Waals surface area contributed by atoms with Crippen LogP contribution in [0.2, 0.25) is 5.15 Å². The summed E-state index contributed by atoms with van der Waals surface area (Å²) in [6, 6.07) is 4.39. The van der Waals surface area contributed by atoms with Gasteiger partial charge in [0.05, 0.1) is 6.61 Å². The fourth-order valence-electron chi connectivity index (χ4n) is 1.78. The fraction of sp³-hybridized carbons (Fsp3) is 0.200. The summed E-state index contributed by atoms with van der Waals surface area (Å²) in [5.74, 6) is -0.974.